The molecular formula is C25H41F2N5O2S. The first kappa shape index (κ1) is 29.3. The van der Waals surface area contributed by atoms with Gasteiger partial charge in [0.1, 0.15) is 6.29 Å². The molecule has 2 aliphatic rings. The number of aromatic nitrogens is 3. The third-order valence-electron chi connectivity index (χ3n) is 6.28. The largest absolute Gasteiger partial charge is 0.464 e. The maximum atomic E-state index is 12.9. The van der Waals surface area contributed by atoms with Crippen molar-refractivity contribution in [1.82, 2.24) is 19.4 Å². The zero-order valence-corrected chi connectivity index (χ0v) is 22.3. The van der Waals surface area contributed by atoms with E-state index in [1.807, 2.05) is 17.8 Å². The summed E-state index contributed by atoms with van der Waals surface area (Å²) in [7, 11) is 3.38. The second-order valence-corrected chi connectivity index (χ2v) is 10.6. The Morgan fingerprint density at radius 2 is 2.00 bits per heavy atom. The summed E-state index contributed by atoms with van der Waals surface area (Å²) in [4.78, 5) is 22.0. The number of fused-ring (bicyclic) bond motifs is 1. The van der Waals surface area contributed by atoms with E-state index in [2.05, 4.69) is 27.5 Å². The quantitative estimate of drug-likeness (QED) is 0.524. The fourth-order valence-corrected chi connectivity index (χ4v) is 5.22. The molecule has 1 aliphatic carbocycles. The van der Waals surface area contributed by atoms with Crippen molar-refractivity contribution in [3.8, 4) is 5.19 Å². The lowest BCUT2D eigenvalue weighted by Crippen LogP contribution is -2.32. The van der Waals surface area contributed by atoms with Gasteiger partial charge in [-0.25, -0.2) is 18.7 Å². The Balaban J connectivity index is 0.000000329. The van der Waals surface area contributed by atoms with Crippen LogP contribution in [0.4, 0.5) is 8.78 Å². The van der Waals surface area contributed by atoms with Crippen LogP contribution in [-0.2, 0) is 31.2 Å². The molecule has 4 rings (SSSR count). The molecule has 0 atom stereocenters. The number of carbonyl (C=O) groups is 1. The number of aldehydes is 1. The molecule has 0 unspecified atom stereocenters. The molecule has 2 N–H and O–H groups in total. The predicted molar refractivity (Wildman–Crippen MR) is 136 cm³/mol. The Kier molecular flexibility index (Phi) is 12.2. The molecule has 0 saturated heterocycles. The number of nitrogens with zero attached hydrogens (tertiary/aromatic N) is 4. The van der Waals surface area contributed by atoms with E-state index in [1.165, 1.54) is 55.4 Å². The number of alkyl halides is 2. The topological polar surface area (TPSA) is 86.3 Å². The standard InChI is InChI=1S/C18H28F2N2OS.C6H8N2O.CH5N/c1-13-3-5-14(6-4-13)7-9-22-10-8-16-15(11-22)21-17(24-16)23-12-18(2,19)20;1-8-4-6(2-3-9)7-5-8;1-2/h13-14H,3-12H2,1-2H3;3-5H,2H2,1H3;2H2,1H3. The highest BCUT2D eigenvalue weighted by Crippen LogP contribution is 2.33. The molecule has 0 aromatic carbocycles. The number of halogens is 2. The number of rotatable bonds is 8. The minimum absolute atomic E-state index is 0.393. The minimum atomic E-state index is -2.81. The smallest absolute Gasteiger partial charge is 0.278 e. The van der Waals surface area contributed by atoms with Crippen LogP contribution in [0.1, 0.15) is 62.2 Å². The van der Waals surface area contributed by atoms with Crippen molar-refractivity contribution in [2.75, 3.05) is 26.7 Å². The van der Waals surface area contributed by atoms with Gasteiger partial charge in [0, 0.05) is 44.6 Å². The van der Waals surface area contributed by atoms with Gasteiger partial charge in [-0.1, -0.05) is 43.9 Å². The van der Waals surface area contributed by atoms with Crippen LogP contribution in [0.2, 0.25) is 0 Å². The fraction of sp³-hybridized carbons (Fsp3) is 0.720. The highest BCUT2D eigenvalue weighted by molar-refractivity contribution is 7.13. The number of hydrogen-bond acceptors (Lipinski definition) is 7. The maximum Gasteiger partial charge on any atom is 0.278 e. The molecule has 1 saturated carbocycles. The van der Waals surface area contributed by atoms with Crippen LogP contribution in [0, 0.1) is 11.8 Å². The lowest BCUT2D eigenvalue weighted by atomic mass is 9.81. The molecule has 1 fully saturated rings. The summed E-state index contributed by atoms with van der Waals surface area (Å²) in [6.45, 7) is 5.64. The van der Waals surface area contributed by atoms with Gasteiger partial charge >= 0.3 is 0 Å². The normalized spacial score (nSPS) is 20.1. The number of hydrogen-bond donors (Lipinski definition) is 1. The third-order valence-corrected chi connectivity index (χ3v) is 7.35. The molecule has 0 bridgehead atoms. The molecule has 1 aliphatic heterocycles. The van der Waals surface area contributed by atoms with Gasteiger partial charge in [0.15, 0.2) is 6.61 Å². The monoisotopic (exact) mass is 513 g/mol. The van der Waals surface area contributed by atoms with Gasteiger partial charge in [-0.2, -0.15) is 0 Å². The molecule has 0 amide bonds. The Morgan fingerprint density at radius 1 is 1.29 bits per heavy atom. The molecular weight excluding hydrogens is 472 g/mol. The van der Waals surface area contributed by atoms with Crippen molar-refractivity contribution in [3.05, 3.63) is 28.8 Å². The number of thiazole rings is 1. The summed E-state index contributed by atoms with van der Waals surface area (Å²) in [5, 5.41) is 0.393. The van der Waals surface area contributed by atoms with E-state index in [4.69, 9.17) is 4.74 Å². The van der Waals surface area contributed by atoms with Crippen molar-refractivity contribution in [1.29, 1.82) is 0 Å². The third kappa shape index (κ3) is 10.7. The lowest BCUT2D eigenvalue weighted by molar-refractivity contribution is -0.107. The summed E-state index contributed by atoms with van der Waals surface area (Å²) >= 11 is 1.43. The van der Waals surface area contributed by atoms with Crippen molar-refractivity contribution in [2.45, 2.75) is 71.3 Å². The van der Waals surface area contributed by atoms with Crippen molar-refractivity contribution in [3.63, 3.8) is 0 Å². The Hall–Kier alpha value is -1.91. The fourth-order valence-electron chi connectivity index (χ4n) is 4.31. The van der Waals surface area contributed by atoms with Crippen LogP contribution >= 0.6 is 11.3 Å². The van der Waals surface area contributed by atoms with Gasteiger partial charge in [0.05, 0.1) is 17.7 Å². The summed E-state index contributed by atoms with van der Waals surface area (Å²) in [5.41, 5.74) is 6.35. The Bertz CT molecular complexity index is 876. The van der Waals surface area contributed by atoms with Crippen LogP contribution in [0.5, 0.6) is 5.19 Å². The van der Waals surface area contributed by atoms with Gasteiger partial charge < -0.3 is 19.8 Å². The van der Waals surface area contributed by atoms with Crippen LogP contribution in [0.25, 0.3) is 0 Å². The minimum Gasteiger partial charge on any atom is -0.464 e. The summed E-state index contributed by atoms with van der Waals surface area (Å²) in [6, 6.07) is 0. The average Bonchev–Trinajstić information content (AvgIpc) is 3.44. The maximum absolute atomic E-state index is 12.9. The molecule has 2 aromatic rings. The Labute approximate surface area is 212 Å². The second kappa shape index (κ2) is 14.6. The van der Waals surface area contributed by atoms with Crippen molar-refractivity contribution < 1.29 is 18.3 Å². The van der Waals surface area contributed by atoms with Crippen LogP contribution in [0.15, 0.2) is 12.5 Å². The van der Waals surface area contributed by atoms with E-state index < -0.39 is 12.5 Å². The van der Waals surface area contributed by atoms with E-state index in [9.17, 15) is 13.6 Å². The molecule has 2 aromatic heterocycles. The molecule has 198 valence electrons. The van der Waals surface area contributed by atoms with Gasteiger partial charge in [-0.15, -0.1) is 0 Å². The van der Waals surface area contributed by atoms with Crippen molar-refractivity contribution in [2.24, 2.45) is 24.6 Å². The highest BCUT2D eigenvalue weighted by atomic mass is 32.1. The van der Waals surface area contributed by atoms with Crippen LogP contribution < -0.4 is 10.5 Å². The summed E-state index contributed by atoms with van der Waals surface area (Å²) < 4.78 is 32.8. The number of nitrogens with two attached hydrogens (primary N) is 1. The highest BCUT2D eigenvalue weighted by Gasteiger charge is 2.26. The van der Waals surface area contributed by atoms with Gasteiger partial charge in [-0.05, 0) is 38.3 Å². The summed E-state index contributed by atoms with van der Waals surface area (Å²) in [6.07, 6.45) is 12.5. The first-order valence-corrected chi connectivity index (χ1v) is 13.2. The molecule has 0 radical (unpaired) electrons. The predicted octanol–water partition coefficient (Wildman–Crippen LogP) is 4.49. The first-order valence-electron chi connectivity index (χ1n) is 12.4. The molecule has 35 heavy (non-hydrogen) atoms. The summed E-state index contributed by atoms with van der Waals surface area (Å²) in [5.74, 6) is -1.03. The lowest BCUT2D eigenvalue weighted by Gasteiger charge is -2.30. The zero-order chi connectivity index (χ0) is 25.8. The molecule has 10 heteroatoms. The van der Waals surface area contributed by atoms with E-state index in [1.54, 1.807) is 6.33 Å². The number of aryl methyl sites for hydroxylation is 1. The van der Waals surface area contributed by atoms with Crippen LogP contribution in [-0.4, -0.2) is 58.4 Å². The number of ether oxygens (including phenoxy) is 1. The van der Waals surface area contributed by atoms with E-state index in [0.717, 1.165) is 62.5 Å². The van der Waals surface area contributed by atoms with Crippen LogP contribution in [0.3, 0.4) is 0 Å². The molecule has 3 heterocycles. The van der Waals surface area contributed by atoms with Gasteiger partial charge in [0.25, 0.3) is 11.1 Å². The average molecular weight is 514 g/mol. The van der Waals surface area contributed by atoms with E-state index in [-0.39, 0.29) is 0 Å². The Morgan fingerprint density at radius 3 is 2.60 bits per heavy atom. The number of carbonyl (C=O) groups excluding carboxylic acids is 1. The van der Waals surface area contributed by atoms with E-state index >= 15 is 0 Å². The number of imidazole rings is 1. The zero-order valence-electron chi connectivity index (χ0n) is 21.5. The molecule has 0 spiro atoms. The van der Waals surface area contributed by atoms with E-state index in [0.29, 0.717) is 11.6 Å². The first-order chi connectivity index (χ1) is 16.7. The SMILES string of the molecule is CC1CCC(CCN2CCc3sc(OCC(C)(F)F)nc3C2)CC1.CN.Cn1cnc(CC=O)c1. The van der Waals surface area contributed by atoms with Gasteiger partial charge in [-0.3, -0.25) is 4.90 Å². The van der Waals surface area contributed by atoms with Crippen molar-refractivity contribution >= 4 is 17.6 Å². The molecule has 7 nitrogen and oxygen atoms in total. The van der Waals surface area contributed by atoms with Gasteiger partial charge in [0.2, 0.25) is 0 Å². The second-order valence-electron chi connectivity index (χ2n) is 9.55.